The number of halogens is 1. The number of benzene rings is 1. The van der Waals surface area contributed by atoms with Crippen LogP contribution in [0.5, 0.6) is 0 Å². The number of rotatable bonds is 5. The van der Waals surface area contributed by atoms with Crippen LogP contribution in [0.3, 0.4) is 0 Å². The topological polar surface area (TPSA) is 63.1 Å². The van der Waals surface area contributed by atoms with Gasteiger partial charge < -0.3 is 5.32 Å². The first kappa shape index (κ1) is 17.5. The van der Waals surface area contributed by atoms with E-state index in [1.54, 1.807) is 4.68 Å². The molecule has 1 saturated heterocycles. The molecule has 0 aliphatic carbocycles. The van der Waals surface area contributed by atoms with Crippen LogP contribution in [0.15, 0.2) is 30.5 Å². The summed E-state index contributed by atoms with van der Waals surface area (Å²) in [6.07, 6.45) is 4.29. The van der Waals surface area contributed by atoms with E-state index in [2.05, 4.69) is 20.5 Å². The molecule has 2 aromatic heterocycles. The van der Waals surface area contributed by atoms with Crippen LogP contribution >= 0.6 is 22.9 Å². The summed E-state index contributed by atoms with van der Waals surface area (Å²) in [5.41, 5.74) is 0.901. The molecule has 1 N–H and O–H groups in total. The minimum Gasteiger partial charge on any atom is -0.349 e. The molecule has 0 bridgehead atoms. The Morgan fingerprint density at radius 2 is 2.15 bits per heavy atom. The Labute approximate surface area is 160 Å². The molecule has 3 aromatic rings. The Morgan fingerprint density at radius 1 is 1.35 bits per heavy atom. The van der Waals surface area contributed by atoms with Crippen LogP contribution in [0.1, 0.15) is 34.2 Å². The fourth-order valence-corrected chi connectivity index (χ4v) is 4.53. The normalized spacial score (nSPS) is 16.2. The minimum atomic E-state index is -0.0598. The van der Waals surface area contributed by atoms with E-state index in [0.717, 1.165) is 28.9 Å². The molecule has 1 aromatic carbocycles. The minimum absolute atomic E-state index is 0.0546. The average molecular weight is 390 g/mol. The first-order valence-electron chi connectivity index (χ1n) is 8.68. The summed E-state index contributed by atoms with van der Waals surface area (Å²) < 4.78 is 2.76. The molecular formula is C18H20ClN5OS. The summed E-state index contributed by atoms with van der Waals surface area (Å²) in [4.78, 5) is 15.7. The van der Waals surface area contributed by atoms with E-state index in [0.29, 0.717) is 16.4 Å². The molecule has 26 heavy (non-hydrogen) atoms. The van der Waals surface area contributed by atoms with Crippen LogP contribution < -0.4 is 5.32 Å². The quantitative estimate of drug-likeness (QED) is 0.727. The van der Waals surface area contributed by atoms with Crippen molar-refractivity contribution >= 4 is 38.9 Å². The van der Waals surface area contributed by atoms with E-state index in [-0.39, 0.29) is 11.9 Å². The Hall–Kier alpha value is -1.96. The molecule has 6 nitrogen and oxygen atoms in total. The van der Waals surface area contributed by atoms with Crippen molar-refractivity contribution in [1.82, 2.24) is 25.2 Å². The smallest absolute Gasteiger partial charge is 0.261 e. The number of nitrogens with one attached hydrogen (secondary N) is 1. The highest BCUT2D eigenvalue weighted by Gasteiger charge is 2.26. The molecule has 0 radical (unpaired) electrons. The van der Waals surface area contributed by atoms with Gasteiger partial charge in [-0.1, -0.05) is 16.8 Å². The third kappa shape index (κ3) is 3.60. The van der Waals surface area contributed by atoms with E-state index >= 15 is 0 Å². The second-order valence-corrected chi connectivity index (χ2v) is 8.10. The van der Waals surface area contributed by atoms with E-state index in [9.17, 15) is 4.79 Å². The maximum absolute atomic E-state index is 12.7. The second kappa shape index (κ2) is 7.34. The second-order valence-electron chi connectivity index (χ2n) is 6.58. The third-order valence-corrected chi connectivity index (χ3v) is 6.05. The molecule has 1 amide bonds. The van der Waals surface area contributed by atoms with Gasteiger partial charge in [-0.15, -0.1) is 16.4 Å². The maximum atomic E-state index is 12.7. The highest BCUT2D eigenvalue weighted by atomic mass is 35.5. The SMILES string of the molecule is Cn1cc(C(CNC(=O)c2cc3cc(Cl)ccc3s2)N2CCCC2)nn1. The maximum Gasteiger partial charge on any atom is 0.261 e. The van der Waals surface area contributed by atoms with Gasteiger partial charge in [-0.2, -0.15) is 0 Å². The summed E-state index contributed by atoms with van der Waals surface area (Å²) in [6, 6.07) is 7.63. The number of amides is 1. The average Bonchev–Trinajstić information content (AvgIpc) is 3.35. The van der Waals surface area contributed by atoms with Gasteiger partial charge in [0.15, 0.2) is 0 Å². The van der Waals surface area contributed by atoms with E-state index in [4.69, 9.17) is 11.6 Å². The lowest BCUT2D eigenvalue weighted by molar-refractivity contribution is 0.0941. The van der Waals surface area contributed by atoms with Crippen LogP contribution in [0.25, 0.3) is 10.1 Å². The Balaban J connectivity index is 1.49. The summed E-state index contributed by atoms with van der Waals surface area (Å²) in [5, 5.41) is 13.1. The summed E-state index contributed by atoms with van der Waals surface area (Å²) in [7, 11) is 1.86. The van der Waals surface area contributed by atoms with Gasteiger partial charge in [0.2, 0.25) is 0 Å². The standard InChI is InChI=1S/C18H20ClN5OS/c1-23-11-14(21-22-23)15(24-6-2-3-7-24)10-20-18(25)17-9-12-8-13(19)4-5-16(12)26-17/h4-5,8-9,11,15H,2-3,6-7,10H2,1H3,(H,20,25). The van der Waals surface area contributed by atoms with Crippen molar-refractivity contribution in [3.05, 3.63) is 46.1 Å². The van der Waals surface area contributed by atoms with Gasteiger partial charge in [-0.05, 0) is 55.6 Å². The van der Waals surface area contributed by atoms with Gasteiger partial charge >= 0.3 is 0 Å². The highest BCUT2D eigenvalue weighted by molar-refractivity contribution is 7.20. The van der Waals surface area contributed by atoms with Crippen LogP contribution in [-0.2, 0) is 7.05 Å². The Morgan fingerprint density at radius 3 is 2.88 bits per heavy atom. The first-order chi connectivity index (χ1) is 12.6. The monoisotopic (exact) mass is 389 g/mol. The molecule has 0 saturated carbocycles. The van der Waals surface area contributed by atoms with E-state index in [1.807, 2.05) is 37.5 Å². The number of hydrogen-bond donors (Lipinski definition) is 1. The lowest BCUT2D eigenvalue weighted by Crippen LogP contribution is -2.36. The molecule has 1 aliphatic heterocycles. The molecular weight excluding hydrogens is 370 g/mol. The third-order valence-electron chi connectivity index (χ3n) is 4.70. The molecule has 1 fully saturated rings. The van der Waals surface area contributed by atoms with Gasteiger partial charge in [-0.3, -0.25) is 14.4 Å². The zero-order valence-corrected chi connectivity index (χ0v) is 16.1. The largest absolute Gasteiger partial charge is 0.349 e. The zero-order valence-electron chi connectivity index (χ0n) is 14.5. The molecule has 1 unspecified atom stereocenters. The molecule has 4 rings (SSSR count). The summed E-state index contributed by atoms with van der Waals surface area (Å²) >= 11 is 7.52. The van der Waals surface area contributed by atoms with E-state index in [1.165, 1.54) is 24.2 Å². The molecule has 136 valence electrons. The van der Waals surface area contributed by atoms with Crippen molar-refractivity contribution in [3.8, 4) is 0 Å². The van der Waals surface area contributed by atoms with Gasteiger partial charge in [0, 0.05) is 29.5 Å². The van der Waals surface area contributed by atoms with Crippen molar-refractivity contribution in [2.24, 2.45) is 7.05 Å². The van der Waals surface area contributed by atoms with Crippen molar-refractivity contribution < 1.29 is 4.79 Å². The number of likely N-dealkylation sites (tertiary alicyclic amines) is 1. The fourth-order valence-electron chi connectivity index (χ4n) is 3.39. The molecule has 0 spiro atoms. The van der Waals surface area contributed by atoms with Gasteiger partial charge in [0.25, 0.3) is 5.91 Å². The fraction of sp³-hybridized carbons (Fsp3) is 0.389. The lowest BCUT2D eigenvalue weighted by atomic mass is 10.2. The lowest BCUT2D eigenvalue weighted by Gasteiger charge is -2.25. The molecule has 1 atom stereocenters. The predicted octanol–water partition coefficient (Wildman–Crippen LogP) is 3.25. The van der Waals surface area contributed by atoms with Gasteiger partial charge in [0.05, 0.1) is 10.9 Å². The number of hydrogen-bond acceptors (Lipinski definition) is 5. The highest BCUT2D eigenvalue weighted by Crippen LogP contribution is 2.28. The molecule has 3 heterocycles. The number of thiophene rings is 1. The molecule has 8 heteroatoms. The number of aromatic nitrogens is 3. The van der Waals surface area contributed by atoms with Crippen molar-refractivity contribution in [1.29, 1.82) is 0 Å². The van der Waals surface area contributed by atoms with Crippen LogP contribution in [0.4, 0.5) is 0 Å². The summed E-state index contributed by atoms with van der Waals surface area (Å²) in [5.74, 6) is -0.0598. The predicted molar refractivity (Wildman–Crippen MR) is 104 cm³/mol. The van der Waals surface area contributed by atoms with Crippen molar-refractivity contribution in [2.45, 2.75) is 18.9 Å². The number of carbonyl (C=O) groups excluding carboxylic acids is 1. The van der Waals surface area contributed by atoms with Crippen molar-refractivity contribution in [2.75, 3.05) is 19.6 Å². The first-order valence-corrected chi connectivity index (χ1v) is 9.87. The number of fused-ring (bicyclic) bond motifs is 1. The Kier molecular flexibility index (Phi) is 4.93. The Bertz CT molecular complexity index is 931. The number of nitrogens with zero attached hydrogens (tertiary/aromatic N) is 4. The number of aryl methyl sites for hydroxylation is 1. The summed E-state index contributed by atoms with van der Waals surface area (Å²) in [6.45, 7) is 2.57. The number of carbonyl (C=O) groups is 1. The zero-order chi connectivity index (χ0) is 18.1. The van der Waals surface area contributed by atoms with Gasteiger partial charge in [0.1, 0.15) is 5.69 Å². The molecule has 1 aliphatic rings. The van der Waals surface area contributed by atoms with Crippen molar-refractivity contribution in [3.63, 3.8) is 0 Å². The van der Waals surface area contributed by atoms with Crippen LogP contribution in [0, 0.1) is 0 Å². The van der Waals surface area contributed by atoms with Gasteiger partial charge in [-0.25, -0.2) is 0 Å². The van der Waals surface area contributed by atoms with Crippen LogP contribution in [0.2, 0.25) is 5.02 Å². The van der Waals surface area contributed by atoms with Crippen LogP contribution in [-0.4, -0.2) is 45.4 Å². The van der Waals surface area contributed by atoms with E-state index < -0.39 is 0 Å².